The summed E-state index contributed by atoms with van der Waals surface area (Å²) in [5, 5.41) is 23.5. The summed E-state index contributed by atoms with van der Waals surface area (Å²) in [6.45, 7) is 9.82. The fourth-order valence-corrected chi connectivity index (χ4v) is 5.75. The Kier molecular flexibility index (Phi) is 9.32. The van der Waals surface area contributed by atoms with Crippen LogP contribution in [0.15, 0.2) is 82.8 Å². The number of anilines is 1. The van der Waals surface area contributed by atoms with Gasteiger partial charge in [-0.05, 0) is 54.9 Å². The average molecular weight is 636 g/mol. The van der Waals surface area contributed by atoms with Crippen LogP contribution >= 0.6 is 0 Å². The van der Waals surface area contributed by atoms with E-state index in [9.17, 15) is 14.3 Å². The molecular formula is C35H34FN7O4. The number of pyridine rings is 1. The molecule has 0 bridgehead atoms. The summed E-state index contributed by atoms with van der Waals surface area (Å²) in [5.41, 5.74) is 1.91. The maximum absolute atomic E-state index is 14.3. The molecule has 12 heteroatoms. The van der Waals surface area contributed by atoms with Gasteiger partial charge in [-0.1, -0.05) is 30.3 Å². The van der Waals surface area contributed by atoms with Gasteiger partial charge < -0.3 is 19.9 Å². The van der Waals surface area contributed by atoms with Crippen molar-refractivity contribution in [2.75, 3.05) is 44.8 Å². The zero-order valence-electron chi connectivity index (χ0n) is 25.9. The van der Waals surface area contributed by atoms with Crippen molar-refractivity contribution in [1.82, 2.24) is 19.4 Å². The average Bonchev–Trinajstić information content (AvgIpc) is 3.07. The summed E-state index contributed by atoms with van der Waals surface area (Å²) in [6.07, 6.45) is 1.28. The van der Waals surface area contributed by atoms with Gasteiger partial charge >= 0.3 is 0 Å². The first-order valence-electron chi connectivity index (χ1n) is 15.1. The van der Waals surface area contributed by atoms with Crippen LogP contribution in [0.25, 0.3) is 16.5 Å². The highest BCUT2D eigenvalue weighted by molar-refractivity contribution is 6.16. The van der Waals surface area contributed by atoms with Gasteiger partial charge in [-0.15, -0.1) is 0 Å². The first kappa shape index (κ1) is 31.5. The molecule has 1 aliphatic heterocycles. The number of benzene rings is 3. The predicted octanol–water partition coefficient (Wildman–Crippen LogP) is 5.01. The number of fused-ring (bicyclic) bond motifs is 1. The minimum atomic E-state index is -0.703. The summed E-state index contributed by atoms with van der Waals surface area (Å²) in [4.78, 5) is 29.0. The van der Waals surface area contributed by atoms with Gasteiger partial charge in [0, 0.05) is 37.0 Å². The van der Waals surface area contributed by atoms with Crippen LogP contribution < -0.4 is 15.6 Å². The van der Waals surface area contributed by atoms with Gasteiger partial charge in [-0.3, -0.25) is 19.7 Å². The summed E-state index contributed by atoms with van der Waals surface area (Å²) in [6, 6.07) is 18.4. The number of aliphatic imine (C=N–C) groups is 1. The van der Waals surface area contributed by atoms with Crippen LogP contribution in [-0.2, 0) is 11.3 Å². The van der Waals surface area contributed by atoms with Crippen LogP contribution in [0.1, 0.15) is 22.4 Å². The largest absolute Gasteiger partial charge is 0.508 e. The number of aromatic nitrogens is 3. The van der Waals surface area contributed by atoms with Crippen molar-refractivity contribution in [2.24, 2.45) is 4.99 Å². The molecule has 0 amide bonds. The van der Waals surface area contributed by atoms with E-state index in [4.69, 9.17) is 14.9 Å². The highest BCUT2D eigenvalue weighted by Gasteiger charge is 2.21. The molecule has 3 N–H and O–H groups in total. The van der Waals surface area contributed by atoms with E-state index in [-0.39, 0.29) is 46.3 Å². The number of nitrogens with zero attached hydrogens (tertiary/aromatic N) is 5. The molecule has 6 rings (SSSR count). The Hall–Kier alpha value is -5.46. The fraction of sp³-hybridized carbons (Fsp3) is 0.229. The molecule has 1 fully saturated rings. The van der Waals surface area contributed by atoms with Crippen molar-refractivity contribution in [2.45, 2.75) is 13.5 Å². The Morgan fingerprint density at radius 3 is 2.72 bits per heavy atom. The number of phenols is 1. The first-order valence-corrected chi connectivity index (χ1v) is 15.1. The van der Waals surface area contributed by atoms with Crippen molar-refractivity contribution in [3.05, 3.63) is 112 Å². The second kappa shape index (κ2) is 13.9. The maximum Gasteiger partial charge on any atom is 0.263 e. The molecule has 0 unspecified atom stereocenters. The minimum absolute atomic E-state index is 0.0989. The Morgan fingerprint density at radius 2 is 1.94 bits per heavy atom. The summed E-state index contributed by atoms with van der Waals surface area (Å²) in [7, 11) is 0. The van der Waals surface area contributed by atoms with Crippen LogP contribution in [0.3, 0.4) is 0 Å². The van der Waals surface area contributed by atoms with Crippen LogP contribution in [0.5, 0.6) is 11.5 Å². The molecule has 240 valence electrons. The number of nitrogens with one attached hydrogen (secondary N) is 2. The SMILES string of the molecule is C=Nc1ncnc(NCc2cc3cccc(C)c3c(=O)n2-c2ccccc2OCCN2CCOCC2)c1C(=N)c1cc(O)cc(F)c1. The van der Waals surface area contributed by atoms with E-state index in [1.165, 1.54) is 12.4 Å². The number of halogens is 1. The topological polar surface area (TPSA) is 138 Å². The molecule has 3 aromatic carbocycles. The molecule has 0 atom stereocenters. The van der Waals surface area contributed by atoms with Gasteiger partial charge in [-0.2, -0.15) is 0 Å². The molecule has 0 radical (unpaired) electrons. The number of para-hydroxylation sites is 2. The normalized spacial score (nSPS) is 13.4. The second-order valence-electron chi connectivity index (χ2n) is 11.1. The van der Waals surface area contributed by atoms with Crippen molar-refractivity contribution in [1.29, 1.82) is 5.41 Å². The molecule has 0 saturated carbocycles. The molecule has 3 heterocycles. The van der Waals surface area contributed by atoms with E-state index >= 15 is 0 Å². The number of aromatic hydroxyl groups is 1. The number of ether oxygens (including phenoxy) is 2. The van der Waals surface area contributed by atoms with Gasteiger partial charge in [-0.25, -0.2) is 19.4 Å². The highest BCUT2D eigenvalue weighted by Crippen LogP contribution is 2.29. The third-order valence-electron chi connectivity index (χ3n) is 8.04. The van der Waals surface area contributed by atoms with E-state index in [0.29, 0.717) is 42.3 Å². The van der Waals surface area contributed by atoms with E-state index < -0.39 is 5.82 Å². The number of aryl methyl sites for hydroxylation is 1. The van der Waals surface area contributed by atoms with Crippen LogP contribution in [0, 0.1) is 18.2 Å². The van der Waals surface area contributed by atoms with Crippen LogP contribution in [0.4, 0.5) is 16.0 Å². The van der Waals surface area contributed by atoms with Crippen LogP contribution in [-0.4, -0.2) is 76.4 Å². The lowest BCUT2D eigenvalue weighted by molar-refractivity contribution is 0.0322. The molecular weight excluding hydrogens is 601 g/mol. The Labute approximate surface area is 270 Å². The lowest BCUT2D eigenvalue weighted by Gasteiger charge is -2.26. The van der Waals surface area contributed by atoms with Gasteiger partial charge in [0.25, 0.3) is 5.56 Å². The van der Waals surface area contributed by atoms with E-state index in [0.717, 1.165) is 42.7 Å². The molecule has 0 spiro atoms. The maximum atomic E-state index is 14.3. The van der Waals surface area contributed by atoms with Crippen molar-refractivity contribution in [3.63, 3.8) is 0 Å². The van der Waals surface area contributed by atoms with Crippen molar-refractivity contribution in [3.8, 4) is 17.2 Å². The zero-order chi connectivity index (χ0) is 32.9. The number of rotatable bonds is 11. The van der Waals surface area contributed by atoms with Crippen LogP contribution in [0.2, 0.25) is 0 Å². The Morgan fingerprint density at radius 1 is 1.13 bits per heavy atom. The minimum Gasteiger partial charge on any atom is -0.508 e. The number of morpholine rings is 1. The van der Waals surface area contributed by atoms with Crippen molar-refractivity contribution >= 4 is 34.8 Å². The summed E-state index contributed by atoms with van der Waals surface area (Å²) >= 11 is 0. The fourth-order valence-electron chi connectivity index (χ4n) is 5.75. The molecule has 1 saturated heterocycles. The highest BCUT2D eigenvalue weighted by atomic mass is 19.1. The molecule has 2 aromatic heterocycles. The van der Waals surface area contributed by atoms with Gasteiger partial charge in [0.15, 0.2) is 5.82 Å². The quantitative estimate of drug-likeness (QED) is 0.172. The van der Waals surface area contributed by atoms with E-state index in [1.54, 1.807) is 4.57 Å². The smallest absolute Gasteiger partial charge is 0.263 e. The summed E-state index contributed by atoms with van der Waals surface area (Å²) in [5.74, 6) is -0.155. The molecule has 0 aliphatic carbocycles. The van der Waals surface area contributed by atoms with E-state index in [1.807, 2.05) is 55.5 Å². The third kappa shape index (κ3) is 6.74. The summed E-state index contributed by atoms with van der Waals surface area (Å²) < 4.78 is 27.5. The molecule has 5 aromatic rings. The third-order valence-corrected chi connectivity index (χ3v) is 8.04. The standard InChI is InChI=1S/C35H34FN7O4/c1-22-6-5-7-23-17-26(20-39-34-31(33(38-2)40-21-41-34)32(37)24-16-25(36)19-27(44)18-24)43(35(45)30(22)23)28-8-3-4-9-29(28)47-15-12-42-10-13-46-14-11-42/h3-9,16-19,21,37,44H,2,10-15,20H2,1H3,(H,39,40,41). The Balaban J connectivity index is 1.39. The lowest BCUT2D eigenvalue weighted by atomic mass is 10.0. The van der Waals surface area contributed by atoms with E-state index in [2.05, 4.69) is 31.9 Å². The molecule has 11 nitrogen and oxygen atoms in total. The number of hydrogen-bond acceptors (Lipinski definition) is 10. The Bertz CT molecular complexity index is 2000. The zero-order valence-corrected chi connectivity index (χ0v) is 25.9. The lowest BCUT2D eigenvalue weighted by Crippen LogP contribution is -2.38. The second-order valence-corrected chi connectivity index (χ2v) is 11.1. The number of hydrogen-bond donors (Lipinski definition) is 3. The first-order chi connectivity index (χ1) is 22.8. The number of phenolic OH excluding ortho intramolecular Hbond substituents is 1. The predicted molar refractivity (Wildman–Crippen MR) is 180 cm³/mol. The van der Waals surface area contributed by atoms with Gasteiger partial charge in [0.2, 0.25) is 0 Å². The molecule has 47 heavy (non-hydrogen) atoms. The van der Waals surface area contributed by atoms with Gasteiger partial charge in [0.05, 0.1) is 42.1 Å². The monoisotopic (exact) mass is 635 g/mol. The molecule has 1 aliphatic rings. The van der Waals surface area contributed by atoms with Gasteiger partial charge in [0.1, 0.15) is 36.1 Å². The van der Waals surface area contributed by atoms with Crippen molar-refractivity contribution < 1.29 is 19.0 Å².